The van der Waals surface area contributed by atoms with E-state index in [-0.39, 0.29) is 22.8 Å². The molecule has 3 aliphatic heterocycles. The first-order valence-corrected chi connectivity index (χ1v) is 12.2. The van der Waals surface area contributed by atoms with Gasteiger partial charge in [-0.05, 0) is 55.4 Å². The lowest BCUT2D eigenvalue weighted by Crippen LogP contribution is -2.60. The van der Waals surface area contributed by atoms with E-state index in [1.54, 1.807) is 0 Å². The lowest BCUT2D eigenvalue weighted by atomic mass is 9.56. The predicted octanol–water partition coefficient (Wildman–Crippen LogP) is 5.90. The van der Waals surface area contributed by atoms with Gasteiger partial charge in [0.2, 0.25) is 5.91 Å². The summed E-state index contributed by atoms with van der Waals surface area (Å²) in [6.45, 7) is 3.01. The van der Waals surface area contributed by atoms with Crippen LogP contribution in [0.25, 0.3) is 0 Å². The molecule has 3 heterocycles. The highest BCUT2D eigenvalue weighted by Crippen LogP contribution is 2.58. The van der Waals surface area contributed by atoms with Gasteiger partial charge in [-0.2, -0.15) is 0 Å². The van der Waals surface area contributed by atoms with Crippen LogP contribution in [-0.2, 0) is 23.1 Å². The SMILES string of the molecule is CC1=Nc2ccccc2[C@@]12CC(=O)N1CCCC(Cc3ccccc3)(Cc3ccccc3)[C@@H]12. The molecule has 2 atom stereocenters. The van der Waals surface area contributed by atoms with Crippen molar-refractivity contribution >= 4 is 17.3 Å². The van der Waals surface area contributed by atoms with E-state index >= 15 is 0 Å². The van der Waals surface area contributed by atoms with Gasteiger partial charge in [-0.3, -0.25) is 9.79 Å². The summed E-state index contributed by atoms with van der Waals surface area (Å²) in [6.07, 6.45) is 4.64. The summed E-state index contributed by atoms with van der Waals surface area (Å²) in [7, 11) is 0. The van der Waals surface area contributed by atoms with Crippen molar-refractivity contribution in [3.05, 3.63) is 102 Å². The maximum Gasteiger partial charge on any atom is 0.224 e. The number of rotatable bonds is 4. The first-order chi connectivity index (χ1) is 16.1. The average Bonchev–Trinajstić information content (AvgIpc) is 3.30. The zero-order chi connectivity index (χ0) is 22.5. The third kappa shape index (κ3) is 3.09. The molecule has 1 spiro atoms. The number of benzene rings is 3. The second kappa shape index (κ2) is 7.69. The summed E-state index contributed by atoms with van der Waals surface area (Å²) in [6, 6.07) is 30.3. The van der Waals surface area contributed by atoms with Gasteiger partial charge < -0.3 is 4.90 Å². The van der Waals surface area contributed by atoms with Crippen LogP contribution in [0.3, 0.4) is 0 Å². The molecule has 3 nitrogen and oxygen atoms in total. The first kappa shape index (κ1) is 20.4. The molecular weight excluding hydrogens is 404 g/mol. The van der Waals surface area contributed by atoms with Crippen LogP contribution in [0.5, 0.6) is 0 Å². The Balaban J connectivity index is 1.55. The number of aliphatic imine (C=N–C) groups is 1. The van der Waals surface area contributed by atoms with Crippen LogP contribution in [-0.4, -0.2) is 29.1 Å². The van der Waals surface area contributed by atoms with Gasteiger partial charge in [-0.15, -0.1) is 0 Å². The second-order valence-corrected chi connectivity index (χ2v) is 10.1. The van der Waals surface area contributed by atoms with Crippen LogP contribution in [0.15, 0.2) is 89.9 Å². The molecule has 2 saturated heterocycles. The molecule has 3 aliphatic rings. The van der Waals surface area contributed by atoms with Crippen molar-refractivity contribution in [2.24, 2.45) is 10.4 Å². The number of carbonyl (C=O) groups excluding carboxylic acids is 1. The van der Waals surface area contributed by atoms with Crippen LogP contribution in [0, 0.1) is 5.41 Å². The first-order valence-electron chi connectivity index (χ1n) is 12.2. The van der Waals surface area contributed by atoms with Gasteiger partial charge in [-0.25, -0.2) is 0 Å². The molecule has 3 aromatic rings. The molecule has 2 fully saturated rings. The molecule has 0 N–H and O–H groups in total. The summed E-state index contributed by atoms with van der Waals surface area (Å²) >= 11 is 0. The minimum atomic E-state index is -0.336. The summed E-state index contributed by atoms with van der Waals surface area (Å²) in [5, 5.41) is 0. The van der Waals surface area contributed by atoms with E-state index in [2.05, 4.69) is 96.8 Å². The fourth-order valence-corrected chi connectivity index (χ4v) is 7.12. The van der Waals surface area contributed by atoms with Gasteiger partial charge in [0.15, 0.2) is 0 Å². The third-order valence-electron chi connectivity index (χ3n) is 8.30. The summed E-state index contributed by atoms with van der Waals surface area (Å²) in [5.74, 6) is 0.288. The smallest absolute Gasteiger partial charge is 0.224 e. The molecule has 0 saturated carbocycles. The van der Waals surface area contributed by atoms with Crippen LogP contribution < -0.4 is 0 Å². The Morgan fingerprint density at radius 2 is 1.48 bits per heavy atom. The minimum Gasteiger partial charge on any atom is -0.338 e. The Morgan fingerprint density at radius 3 is 2.15 bits per heavy atom. The molecule has 0 aromatic heterocycles. The van der Waals surface area contributed by atoms with Gasteiger partial charge in [0.1, 0.15) is 0 Å². The van der Waals surface area contributed by atoms with Gasteiger partial charge in [0.25, 0.3) is 0 Å². The number of amides is 1. The highest BCUT2D eigenvalue weighted by Gasteiger charge is 2.64. The lowest BCUT2D eigenvalue weighted by Gasteiger charge is -2.53. The summed E-state index contributed by atoms with van der Waals surface area (Å²) in [4.78, 5) is 20.9. The van der Waals surface area contributed by atoms with Crippen molar-refractivity contribution in [2.75, 3.05) is 6.54 Å². The van der Waals surface area contributed by atoms with Crippen molar-refractivity contribution in [1.29, 1.82) is 0 Å². The Kier molecular flexibility index (Phi) is 4.76. The number of piperidine rings is 1. The van der Waals surface area contributed by atoms with Crippen molar-refractivity contribution in [3.63, 3.8) is 0 Å². The van der Waals surface area contributed by atoms with E-state index in [1.807, 2.05) is 0 Å². The van der Waals surface area contributed by atoms with E-state index in [4.69, 9.17) is 4.99 Å². The molecule has 3 heteroatoms. The summed E-state index contributed by atoms with van der Waals surface area (Å²) in [5.41, 5.74) is 5.71. The van der Waals surface area contributed by atoms with E-state index < -0.39 is 0 Å². The van der Waals surface area contributed by atoms with Crippen LogP contribution >= 0.6 is 0 Å². The van der Waals surface area contributed by atoms with Crippen LogP contribution in [0.2, 0.25) is 0 Å². The minimum absolute atomic E-state index is 0.0542. The van der Waals surface area contributed by atoms with Gasteiger partial charge >= 0.3 is 0 Å². The maximum atomic E-state index is 13.6. The molecule has 3 aromatic carbocycles. The Labute approximate surface area is 196 Å². The standard InChI is InChI=1S/C30H30N2O/c1-22-30(25-15-8-9-16-26(25)31-22)21-27(33)32-18-10-17-29(28(30)32,19-23-11-4-2-5-12-23)20-24-13-6-3-7-14-24/h2-9,11-16,28H,10,17-21H2,1H3/t28-,30-/m1/s1. The molecular formula is C30H30N2O. The van der Waals surface area contributed by atoms with Gasteiger partial charge in [-0.1, -0.05) is 78.9 Å². The molecule has 6 rings (SSSR count). The van der Waals surface area contributed by atoms with Crippen LogP contribution in [0.1, 0.15) is 42.9 Å². The number of nitrogens with zero attached hydrogens (tertiary/aromatic N) is 2. The largest absolute Gasteiger partial charge is 0.338 e. The number of hydrogen-bond acceptors (Lipinski definition) is 2. The van der Waals surface area contributed by atoms with E-state index in [0.29, 0.717) is 6.42 Å². The monoisotopic (exact) mass is 434 g/mol. The molecule has 0 aliphatic carbocycles. The van der Waals surface area contributed by atoms with Crippen molar-refractivity contribution in [1.82, 2.24) is 4.90 Å². The summed E-state index contributed by atoms with van der Waals surface area (Å²) < 4.78 is 0. The average molecular weight is 435 g/mol. The number of carbonyl (C=O) groups is 1. The number of hydrogen-bond donors (Lipinski definition) is 0. The van der Waals surface area contributed by atoms with Crippen molar-refractivity contribution < 1.29 is 4.79 Å². The highest BCUT2D eigenvalue weighted by molar-refractivity contribution is 6.06. The number of fused-ring (bicyclic) bond motifs is 4. The Morgan fingerprint density at radius 1 is 0.879 bits per heavy atom. The zero-order valence-electron chi connectivity index (χ0n) is 19.2. The fraction of sp³-hybridized carbons (Fsp3) is 0.333. The molecule has 0 radical (unpaired) electrons. The molecule has 166 valence electrons. The van der Waals surface area contributed by atoms with Crippen LogP contribution in [0.4, 0.5) is 5.69 Å². The van der Waals surface area contributed by atoms with E-state index in [1.165, 1.54) is 16.7 Å². The molecule has 0 bridgehead atoms. The lowest BCUT2D eigenvalue weighted by molar-refractivity contribution is -0.133. The quantitative estimate of drug-likeness (QED) is 0.503. The molecule has 1 amide bonds. The van der Waals surface area contributed by atoms with Crippen molar-refractivity contribution in [2.45, 2.75) is 50.5 Å². The third-order valence-corrected chi connectivity index (χ3v) is 8.30. The predicted molar refractivity (Wildman–Crippen MR) is 133 cm³/mol. The van der Waals surface area contributed by atoms with Gasteiger partial charge in [0, 0.05) is 24.1 Å². The highest BCUT2D eigenvalue weighted by atomic mass is 16.2. The molecule has 0 unspecified atom stereocenters. The molecule has 33 heavy (non-hydrogen) atoms. The van der Waals surface area contributed by atoms with Crippen molar-refractivity contribution in [3.8, 4) is 0 Å². The van der Waals surface area contributed by atoms with Gasteiger partial charge in [0.05, 0.1) is 17.1 Å². The second-order valence-electron chi connectivity index (χ2n) is 10.1. The Bertz CT molecular complexity index is 1170. The fourth-order valence-electron chi connectivity index (χ4n) is 7.12. The zero-order valence-corrected chi connectivity index (χ0v) is 19.2. The van der Waals surface area contributed by atoms with E-state index in [9.17, 15) is 4.79 Å². The number of para-hydroxylation sites is 1. The maximum absolute atomic E-state index is 13.6. The topological polar surface area (TPSA) is 32.7 Å². The normalized spacial score (nSPS) is 25.1. The Hall–Kier alpha value is -3.20. The van der Waals surface area contributed by atoms with E-state index in [0.717, 1.165) is 43.6 Å².